The van der Waals surface area contributed by atoms with E-state index in [0.717, 1.165) is 45.3 Å². The predicted octanol–water partition coefficient (Wildman–Crippen LogP) is 1.26. The quantitative estimate of drug-likeness (QED) is 0.739. The first-order valence-corrected chi connectivity index (χ1v) is 6.79. The second-order valence-electron chi connectivity index (χ2n) is 5.13. The molecule has 0 saturated carbocycles. The number of hydrogen-bond acceptors (Lipinski definition) is 2. The van der Waals surface area contributed by atoms with E-state index in [-0.39, 0.29) is 17.7 Å². The Morgan fingerprint density at radius 2 is 2.06 bits per heavy atom. The molecule has 2 aliphatic rings. The number of carbonyl (C=O) groups is 2. The molecule has 2 amide bonds. The summed E-state index contributed by atoms with van der Waals surface area (Å²) < 4.78 is 0. The van der Waals surface area contributed by atoms with Crippen molar-refractivity contribution in [2.75, 3.05) is 26.2 Å². The molecule has 0 aromatic rings. The van der Waals surface area contributed by atoms with Crippen LogP contribution in [0.15, 0.2) is 0 Å². The summed E-state index contributed by atoms with van der Waals surface area (Å²) in [5, 5.41) is 0. The van der Waals surface area contributed by atoms with Crippen LogP contribution in [0, 0.1) is 5.92 Å². The van der Waals surface area contributed by atoms with E-state index < -0.39 is 0 Å². The molecule has 0 aromatic heterocycles. The van der Waals surface area contributed by atoms with E-state index in [1.54, 1.807) is 0 Å². The zero-order valence-electron chi connectivity index (χ0n) is 10.7. The maximum absolute atomic E-state index is 12.2. The van der Waals surface area contributed by atoms with Crippen molar-refractivity contribution in [3.8, 4) is 0 Å². The third-order valence-corrected chi connectivity index (χ3v) is 3.76. The fourth-order valence-corrected chi connectivity index (χ4v) is 2.70. The van der Waals surface area contributed by atoms with Crippen LogP contribution in [-0.4, -0.2) is 47.8 Å². The van der Waals surface area contributed by atoms with Gasteiger partial charge in [-0.15, -0.1) is 0 Å². The first kappa shape index (κ1) is 12.4. The third-order valence-electron chi connectivity index (χ3n) is 3.76. The van der Waals surface area contributed by atoms with E-state index in [1.165, 1.54) is 0 Å². The van der Waals surface area contributed by atoms with Crippen LogP contribution in [-0.2, 0) is 9.59 Å². The fraction of sp³-hybridized carbons (Fsp3) is 0.846. The number of likely N-dealkylation sites (tertiary alicyclic amines) is 2. The van der Waals surface area contributed by atoms with Gasteiger partial charge < -0.3 is 9.80 Å². The molecule has 2 saturated heterocycles. The first-order chi connectivity index (χ1) is 8.22. The summed E-state index contributed by atoms with van der Waals surface area (Å²) in [6, 6.07) is 0. The minimum Gasteiger partial charge on any atom is -0.342 e. The molecule has 1 unspecified atom stereocenters. The lowest BCUT2D eigenvalue weighted by Crippen LogP contribution is -2.35. The SMILES string of the molecule is CCCCN1CC(C(=O)N2CCCC2)CC1=O. The minimum atomic E-state index is -0.0718. The molecule has 0 bridgehead atoms. The highest BCUT2D eigenvalue weighted by Gasteiger charge is 2.36. The van der Waals surface area contributed by atoms with Gasteiger partial charge in [0.05, 0.1) is 5.92 Å². The second-order valence-corrected chi connectivity index (χ2v) is 5.13. The molecule has 2 heterocycles. The van der Waals surface area contributed by atoms with Crippen molar-refractivity contribution in [3.05, 3.63) is 0 Å². The molecule has 1 atom stereocenters. The molecule has 4 nitrogen and oxygen atoms in total. The van der Waals surface area contributed by atoms with Crippen molar-refractivity contribution >= 4 is 11.8 Å². The maximum atomic E-state index is 12.2. The summed E-state index contributed by atoms with van der Waals surface area (Å²) in [6.07, 6.45) is 4.79. The molecule has 2 fully saturated rings. The smallest absolute Gasteiger partial charge is 0.227 e. The molecule has 96 valence electrons. The Morgan fingerprint density at radius 3 is 2.71 bits per heavy atom. The molecule has 2 aliphatic heterocycles. The standard InChI is InChI=1S/C13H22N2O2/c1-2-3-6-15-10-11(9-12(15)16)13(17)14-7-4-5-8-14/h11H,2-10H2,1H3. The van der Waals surface area contributed by atoms with Crippen molar-refractivity contribution in [2.24, 2.45) is 5.92 Å². The van der Waals surface area contributed by atoms with E-state index in [2.05, 4.69) is 6.92 Å². The second kappa shape index (κ2) is 5.52. The lowest BCUT2D eigenvalue weighted by molar-refractivity contribution is -0.134. The van der Waals surface area contributed by atoms with Crippen LogP contribution in [0.5, 0.6) is 0 Å². The molecule has 4 heteroatoms. The van der Waals surface area contributed by atoms with Crippen molar-refractivity contribution in [3.63, 3.8) is 0 Å². The van der Waals surface area contributed by atoms with Crippen LogP contribution in [0.2, 0.25) is 0 Å². The zero-order valence-corrected chi connectivity index (χ0v) is 10.7. The van der Waals surface area contributed by atoms with E-state index >= 15 is 0 Å². The van der Waals surface area contributed by atoms with E-state index in [4.69, 9.17) is 0 Å². The lowest BCUT2D eigenvalue weighted by atomic mass is 10.1. The molecule has 0 N–H and O–H groups in total. The molecule has 0 spiro atoms. The van der Waals surface area contributed by atoms with Gasteiger partial charge in [0.1, 0.15) is 0 Å². The van der Waals surface area contributed by atoms with Gasteiger partial charge in [-0.25, -0.2) is 0 Å². The average Bonchev–Trinajstić information content (AvgIpc) is 2.95. The average molecular weight is 238 g/mol. The summed E-state index contributed by atoms with van der Waals surface area (Å²) >= 11 is 0. The molecular weight excluding hydrogens is 216 g/mol. The van der Waals surface area contributed by atoms with Gasteiger partial charge in [-0.2, -0.15) is 0 Å². The highest BCUT2D eigenvalue weighted by molar-refractivity contribution is 5.89. The number of unbranched alkanes of at least 4 members (excludes halogenated alkanes) is 1. The number of rotatable bonds is 4. The third kappa shape index (κ3) is 2.79. The molecule has 17 heavy (non-hydrogen) atoms. The van der Waals surface area contributed by atoms with Gasteiger partial charge in [-0.3, -0.25) is 9.59 Å². The summed E-state index contributed by atoms with van der Waals surface area (Å²) in [4.78, 5) is 27.7. The predicted molar refractivity (Wildman–Crippen MR) is 65.4 cm³/mol. The van der Waals surface area contributed by atoms with Crippen molar-refractivity contribution < 1.29 is 9.59 Å². The van der Waals surface area contributed by atoms with Gasteiger partial charge in [0.2, 0.25) is 11.8 Å². The van der Waals surface area contributed by atoms with Gasteiger partial charge in [0, 0.05) is 32.6 Å². The van der Waals surface area contributed by atoms with Gasteiger partial charge in [-0.1, -0.05) is 13.3 Å². The van der Waals surface area contributed by atoms with Gasteiger partial charge in [-0.05, 0) is 19.3 Å². The van der Waals surface area contributed by atoms with Crippen LogP contribution in [0.25, 0.3) is 0 Å². The van der Waals surface area contributed by atoms with E-state index in [9.17, 15) is 9.59 Å². The summed E-state index contributed by atoms with van der Waals surface area (Å²) in [5.41, 5.74) is 0. The van der Waals surface area contributed by atoms with Crippen LogP contribution in [0.3, 0.4) is 0 Å². The Balaban J connectivity index is 1.86. The molecule has 2 rings (SSSR count). The monoisotopic (exact) mass is 238 g/mol. The zero-order chi connectivity index (χ0) is 12.3. The van der Waals surface area contributed by atoms with Crippen LogP contribution < -0.4 is 0 Å². The number of carbonyl (C=O) groups excluding carboxylic acids is 2. The van der Waals surface area contributed by atoms with E-state index in [1.807, 2.05) is 9.80 Å². The largest absolute Gasteiger partial charge is 0.342 e. The minimum absolute atomic E-state index is 0.0718. The first-order valence-electron chi connectivity index (χ1n) is 6.79. The van der Waals surface area contributed by atoms with Crippen LogP contribution in [0.1, 0.15) is 39.0 Å². The lowest BCUT2D eigenvalue weighted by Gasteiger charge is -2.20. The molecule has 0 aromatic carbocycles. The van der Waals surface area contributed by atoms with Gasteiger partial charge in [0.15, 0.2) is 0 Å². The van der Waals surface area contributed by atoms with Crippen molar-refractivity contribution in [1.82, 2.24) is 9.80 Å². The van der Waals surface area contributed by atoms with Crippen molar-refractivity contribution in [1.29, 1.82) is 0 Å². The van der Waals surface area contributed by atoms with Crippen LogP contribution >= 0.6 is 0 Å². The van der Waals surface area contributed by atoms with Crippen LogP contribution in [0.4, 0.5) is 0 Å². The Hall–Kier alpha value is -1.06. The molecule has 0 radical (unpaired) electrons. The summed E-state index contributed by atoms with van der Waals surface area (Å²) in [6.45, 7) is 5.36. The Bertz CT molecular complexity index is 298. The Labute approximate surface area is 103 Å². The van der Waals surface area contributed by atoms with Gasteiger partial charge in [0.25, 0.3) is 0 Å². The number of amides is 2. The Kier molecular flexibility index (Phi) is 4.02. The highest BCUT2D eigenvalue weighted by Crippen LogP contribution is 2.22. The Morgan fingerprint density at radius 1 is 1.35 bits per heavy atom. The van der Waals surface area contributed by atoms with Gasteiger partial charge >= 0.3 is 0 Å². The summed E-state index contributed by atoms with van der Waals surface area (Å²) in [5.74, 6) is 0.295. The fourth-order valence-electron chi connectivity index (χ4n) is 2.70. The normalized spacial score (nSPS) is 24.8. The van der Waals surface area contributed by atoms with Crippen molar-refractivity contribution in [2.45, 2.75) is 39.0 Å². The maximum Gasteiger partial charge on any atom is 0.227 e. The number of hydrogen-bond donors (Lipinski definition) is 0. The highest BCUT2D eigenvalue weighted by atomic mass is 16.2. The summed E-state index contributed by atoms with van der Waals surface area (Å²) in [7, 11) is 0. The molecule has 0 aliphatic carbocycles. The molecular formula is C13H22N2O2. The topological polar surface area (TPSA) is 40.6 Å². The number of nitrogens with zero attached hydrogens (tertiary/aromatic N) is 2. The van der Waals surface area contributed by atoms with E-state index in [0.29, 0.717) is 13.0 Å².